The van der Waals surface area contributed by atoms with E-state index in [1.165, 1.54) is 0 Å². The average molecular weight is 290 g/mol. The average Bonchev–Trinajstić information content (AvgIpc) is 2.81. The van der Waals surface area contributed by atoms with Gasteiger partial charge in [-0.25, -0.2) is 9.97 Å². The van der Waals surface area contributed by atoms with Crippen molar-refractivity contribution in [3.05, 3.63) is 39.5 Å². The lowest BCUT2D eigenvalue weighted by atomic mass is 10.2. The number of nitrogens with zero attached hydrogens (tertiary/aromatic N) is 2. The third-order valence-electron chi connectivity index (χ3n) is 2.64. The standard InChI is InChI=1S/C14H18N4OS/c1-4-15-12-6-11(5-9(2)18-12)14(19)17-8-13-16-7-10(3)20-13/h5-7H,4,8H2,1-3H3,(H,15,18)(H,17,19). The summed E-state index contributed by atoms with van der Waals surface area (Å²) in [5.74, 6) is 0.616. The van der Waals surface area contributed by atoms with Crippen LogP contribution in [-0.2, 0) is 6.54 Å². The number of amides is 1. The molecule has 0 unspecified atom stereocenters. The van der Waals surface area contributed by atoms with Crippen LogP contribution in [0.4, 0.5) is 5.82 Å². The molecule has 2 aromatic heterocycles. The quantitative estimate of drug-likeness (QED) is 0.888. The topological polar surface area (TPSA) is 66.9 Å². The zero-order valence-electron chi connectivity index (χ0n) is 11.9. The van der Waals surface area contributed by atoms with Gasteiger partial charge in [0.1, 0.15) is 10.8 Å². The minimum Gasteiger partial charge on any atom is -0.370 e. The van der Waals surface area contributed by atoms with E-state index < -0.39 is 0 Å². The van der Waals surface area contributed by atoms with E-state index in [0.717, 1.165) is 27.9 Å². The number of carbonyl (C=O) groups is 1. The first kappa shape index (κ1) is 14.5. The summed E-state index contributed by atoms with van der Waals surface area (Å²) in [6.07, 6.45) is 1.81. The molecule has 2 N–H and O–H groups in total. The summed E-state index contributed by atoms with van der Waals surface area (Å²) >= 11 is 1.59. The molecule has 0 atom stereocenters. The van der Waals surface area contributed by atoms with Gasteiger partial charge in [-0.2, -0.15) is 0 Å². The number of thiazole rings is 1. The highest BCUT2D eigenvalue weighted by molar-refractivity contribution is 7.11. The smallest absolute Gasteiger partial charge is 0.251 e. The highest BCUT2D eigenvalue weighted by Gasteiger charge is 2.09. The van der Waals surface area contributed by atoms with Gasteiger partial charge in [0.25, 0.3) is 5.91 Å². The van der Waals surface area contributed by atoms with Crippen LogP contribution in [0.2, 0.25) is 0 Å². The molecule has 0 saturated carbocycles. The summed E-state index contributed by atoms with van der Waals surface area (Å²) in [5.41, 5.74) is 1.43. The van der Waals surface area contributed by atoms with Crippen LogP contribution < -0.4 is 10.6 Å². The summed E-state index contributed by atoms with van der Waals surface area (Å²) in [6, 6.07) is 3.54. The lowest BCUT2D eigenvalue weighted by Crippen LogP contribution is -2.23. The summed E-state index contributed by atoms with van der Waals surface area (Å²) in [6.45, 7) is 7.10. The predicted octanol–water partition coefficient (Wildman–Crippen LogP) is 2.52. The number of aryl methyl sites for hydroxylation is 2. The second kappa shape index (κ2) is 6.47. The largest absolute Gasteiger partial charge is 0.370 e. The first-order valence-corrected chi connectivity index (χ1v) is 7.32. The van der Waals surface area contributed by atoms with Gasteiger partial charge < -0.3 is 10.6 Å². The summed E-state index contributed by atoms with van der Waals surface area (Å²) in [4.78, 5) is 21.8. The van der Waals surface area contributed by atoms with Crippen molar-refractivity contribution < 1.29 is 4.79 Å². The molecule has 1 amide bonds. The Bertz CT molecular complexity index is 609. The van der Waals surface area contributed by atoms with Crippen LogP contribution in [0, 0.1) is 13.8 Å². The molecule has 5 nitrogen and oxygen atoms in total. The normalized spacial score (nSPS) is 10.3. The van der Waals surface area contributed by atoms with Gasteiger partial charge >= 0.3 is 0 Å². The van der Waals surface area contributed by atoms with Crippen molar-refractivity contribution in [1.82, 2.24) is 15.3 Å². The Balaban J connectivity index is 2.04. The summed E-state index contributed by atoms with van der Waals surface area (Å²) < 4.78 is 0. The molecule has 20 heavy (non-hydrogen) atoms. The van der Waals surface area contributed by atoms with E-state index in [-0.39, 0.29) is 5.91 Å². The van der Waals surface area contributed by atoms with E-state index in [1.54, 1.807) is 23.5 Å². The minimum atomic E-state index is -0.109. The van der Waals surface area contributed by atoms with Crippen molar-refractivity contribution in [2.45, 2.75) is 27.3 Å². The lowest BCUT2D eigenvalue weighted by molar-refractivity contribution is 0.0950. The Morgan fingerprint density at radius 3 is 2.80 bits per heavy atom. The highest BCUT2D eigenvalue weighted by atomic mass is 32.1. The number of rotatable bonds is 5. The van der Waals surface area contributed by atoms with E-state index in [0.29, 0.717) is 12.1 Å². The number of hydrogen-bond donors (Lipinski definition) is 2. The maximum absolute atomic E-state index is 12.1. The van der Waals surface area contributed by atoms with Gasteiger partial charge in [-0.3, -0.25) is 4.79 Å². The van der Waals surface area contributed by atoms with Crippen molar-refractivity contribution in [2.24, 2.45) is 0 Å². The third kappa shape index (κ3) is 3.77. The van der Waals surface area contributed by atoms with Gasteiger partial charge in [0.05, 0.1) is 6.54 Å². The first-order valence-electron chi connectivity index (χ1n) is 6.50. The molecular formula is C14H18N4OS. The Kier molecular flexibility index (Phi) is 4.68. The fourth-order valence-electron chi connectivity index (χ4n) is 1.81. The monoisotopic (exact) mass is 290 g/mol. The van der Waals surface area contributed by atoms with Crippen molar-refractivity contribution in [2.75, 3.05) is 11.9 Å². The number of hydrogen-bond acceptors (Lipinski definition) is 5. The molecule has 6 heteroatoms. The van der Waals surface area contributed by atoms with Crippen LogP contribution in [0.25, 0.3) is 0 Å². The molecule has 2 heterocycles. The van der Waals surface area contributed by atoms with Crippen molar-refractivity contribution in [3.8, 4) is 0 Å². The highest BCUT2D eigenvalue weighted by Crippen LogP contribution is 2.12. The van der Waals surface area contributed by atoms with Gasteiger partial charge in [0.2, 0.25) is 0 Å². The second-order valence-corrected chi connectivity index (χ2v) is 5.78. The van der Waals surface area contributed by atoms with Crippen molar-refractivity contribution in [1.29, 1.82) is 0 Å². The van der Waals surface area contributed by atoms with E-state index >= 15 is 0 Å². The Hall–Kier alpha value is -1.95. The molecule has 0 aromatic carbocycles. The van der Waals surface area contributed by atoms with Gasteiger partial charge in [0.15, 0.2) is 0 Å². The van der Waals surface area contributed by atoms with E-state index in [1.807, 2.05) is 27.0 Å². The van der Waals surface area contributed by atoms with Crippen LogP contribution >= 0.6 is 11.3 Å². The van der Waals surface area contributed by atoms with Gasteiger partial charge in [-0.15, -0.1) is 11.3 Å². The van der Waals surface area contributed by atoms with Gasteiger partial charge in [0, 0.05) is 28.9 Å². The summed E-state index contributed by atoms with van der Waals surface area (Å²) in [5, 5.41) is 6.91. The molecule has 0 aliphatic heterocycles. The Labute approximate surface area is 122 Å². The molecule has 0 aliphatic rings. The van der Waals surface area contributed by atoms with Crippen molar-refractivity contribution in [3.63, 3.8) is 0 Å². The molecule has 0 fully saturated rings. The third-order valence-corrected chi connectivity index (χ3v) is 3.56. The van der Waals surface area contributed by atoms with Crippen LogP contribution in [0.3, 0.4) is 0 Å². The molecule has 2 rings (SSSR count). The first-order chi connectivity index (χ1) is 9.58. The zero-order valence-corrected chi connectivity index (χ0v) is 12.7. The number of anilines is 1. The van der Waals surface area contributed by atoms with Crippen LogP contribution in [0.5, 0.6) is 0 Å². The SMILES string of the molecule is CCNc1cc(C(=O)NCc2ncc(C)s2)cc(C)n1. The molecular weight excluding hydrogens is 272 g/mol. The molecule has 0 bridgehead atoms. The number of aromatic nitrogens is 2. The Morgan fingerprint density at radius 1 is 1.35 bits per heavy atom. The minimum absolute atomic E-state index is 0.109. The predicted molar refractivity (Wildman–Crippen MR) is 81.2 cm³/mol. The van der Waals surface area contributed by atoms with E-state index in [9.17, 15) is 4.79 Å². The molecule has 0 spiro atoms. The second-order valence-electron chi connectivity index (χ2n) is 4.46. The van der Waals surface area contributed by atoms with Crippen molar-refractivity contribution >= 4 is 23.1 Å². The lowest BCUT2D eigenvalue weighted by Gasteiger charge is -2.08. The number of nitrogens with one attached hydrogen (secondary N) is 2. The molecule has 0 radical (unpaired) electrons. The summed E-state index contributed by atoms with van der Waals surface area (Å²) in [7, 11) is 0. The zero-order chi connectivity index (χ0) is 14.5. The maximum atomic E-state index is 12.1. The molecule has 106 valence electrons. The van der Waals surface area contributed by atoms with E-state index in [4.69, 9.17) is 0 Å². The van der Waals surface area contributed by atoms with Gasteiger partial charge in [-0.1, -0.05) is 0 Å². The van der Waals surface area contributed by atoms with E-state index in [2.05, 4.69) is 20.6 Å². The number of carbonyl (C=O) groups excluding carboxylic acids is 1. The fraction of sp³-hybridized carbons (Fsp3) is 0.357. The maximum Gasteiger partial charge on any atom is 0.251 e. The van der Waals surface area contributed by atoms with Crippen LogP contribution in [0.1, 0.15) is 32.9 Å². The van der Waals surface area contributed by atoms with Crippen LogP contribution in [-0.4, -0.2) is 22.4 Å². The fourth-order valence-corrected chi connectivity index (χ4v) is 2.54. The Morgan fingerprint density at radius 2 is 2.15 bits per heavy atom. The van der Waals surface area contributed by atoms with Crippen LogP contribution in [0.15, 0.2) is 18.3 Å². The molecule has 0 aliphatic carbocycles. The number of pyridine rings is 1. The molecule has 0 saturated heterocycles. The molecule has 2 aromatic rings. The van der Waals surface area contributed by atoms with Gasteiger partial charge in [-0.05, 0) is 32.9 Å².